The fourth-order valence-electron chi connectivity index (χ4n) is 2.89. The molecule has 2 amide bonds. The molecule has 0 radical (unpaired) electrons. The summed E-state index contributed by atoms with van der Waals surface area (Å²) < 4.78 is 11.4. The van der Waals surface area contributed by atoms with E-state index in [1.807, 2.05) is 56.3 Å². The Morgan fingerprint density at radius 2 is 1.82 bits per heavy atom. The number of carbonyl (C=O) groups is 2. The highest BCUT2D eigenvalue weighted by atomic mass is 16.5. The van der Waals surface area contributed by atoms with Crippen LogP contribution >= 0.6 is 0 Å². The van der Waals surface area contributed by atoms with Crippen molar-refractivity contribution in [2.24, 2.45) is 0 Å². The number of hydrogen-bond acceptors (Lipinski definition) is 4. The zero-order valence-electron chi connectivity index (χ0n) is 16.1. The van der Waals surface area contributed by atoms with Gasteiger partial charge in [-0.3, -0.25) is 9.59 Å². The summed E-state index contributed by atoms with van der Waals surface area (Å²) in [5.74, 6) is 0.970. The quantitative estimate of drug-likeness (QED) is 0.648. The highest BCUT2D eigenvalue weighted by Crippen LogP contribution is 2.22. The van der Waals surface area contributed by atoms with Crippen LogP contribution in [-0.2, 0) is 11.4 Å². The first-order chi connectivity index (χ1) is 13.6. The molecule has 0 saturated carbocycles. The van der Waals surface area contributed by atoms with E-state index in [9.17, 15) is 9.59 Å². The number of ether oxygens (including phenoxy) is 1. The van der Waals surface area contributed by atoms with Gasteiger partial charge >= 0.3 is 0 Å². The van der Waals surface area contributed by atoms with Gasteiger partial charge in [0.25, 0.3) is 5.91 Å². The van der Waals surface area contributed by atoms with Crippen LogP contribution in [0.25, 0.3) is 10.8 Å². The number of furan rings is 1. The van der Waals surface area contributed by atoms with Crippen molar-refractivity contribution >= 4 is 22.6 Å². The third kappa shape index (κ3) is 4.71. The van der Waals surface area contributed by atoms with Crippen molar-refractivity contribution in [1.29, 1.82) is 0 Å². The molecule has 0 aliphatic heterocycles. The SMILES string of the molecule is CCNC(=O)CN(CC)C(=O)c1ccc(COc2ccc3ccccc3c2)o1. The zero-order chi connectivity index (χ0) is 19.9. The van der Waals surface area contributed by atoms with Gasteiger partial charge in [-0.15, -0.1) is 0 Å². The van der Waals surface area contributed by atoms with Crippen molar-refractivity contribution in [3.63, 3.8) is 0 Å². The summed E-state index contributed by atoms with van der Waals surface area (Å²) in [7, 11) is 0. The van der Waals surface area contributed by atoms with Gasteiger partial charge in [0.15, 0.2) is 5.76 Å². The molecule has 0 atom stereocenters. The highest BCUT2D eigenvalue weighted by molar-refractivity contribution is 5.94. The first kappa shape index (κ1) is 19.5. The Morgan fingerprint density at radius 3 is 2.57 bits per heavy atom. The number of nitrogens with one attached hydrogen (secondary N) is 1. The van der Waals surface area contributed by atoms with Crippen LogP contribution in [0.3, 0.4) is 0 Å². The van der Waals surface area contributed by atoms with E-state index < -0.39 is 0 Å². The predicted octanol–water partition coefficient (Wildman–Crippen LogP) is 3.61. The summed E-state index contributed by atoms with van der Waals surface area (Å²) in [6, 6.07) is 17.3. The van der Waals surface area contributed by atoms with Crippen LogP contribution in [0.15, 0.2) is 59.0 Å². The molecule has 146 valence electrons. The number of nitrogens with zero attached hydrogens (tertiary/aromatic N) is 1. The lowest BCUT2D eigenvalue weighted by Gasteiger charge is -2.18. The van der Waals surface area contributed by atoms with E-state index in [0.29, 0.717) is 18.8 Å². The molecule has 0 saturated heterocycles. The second-order valence-corrected chi connectivity index (χ2v) is 6.34. The van der Waals surface area contributed by atoms with E-state index in [4.69, 9.17) is 9.15 Å². The largest absolute Gasteiger partial charge is 0.486 e. The molecule has 3 aromatic rings. The van der Waals surface area contributed by atoms with Gasteiger partial charge < -0.3 is 19.4 Å². The van der Waals surface area contributed by atoms with Crippen LogP contribution in [0, 0.1) is 0 Å². The molecule has 1 aromatic heterocycles. The lowest BCUT2D eigenvalue weighted by Crippen LogP contribution is -2.40. The van der Waals surface area contributed by atoms with Gasteiger partial charge in [-0.05, 0) is 48.9 Å². The van der Waals surface area contributed by atoms with Crippen molar-refractivity contribution in [3.05, 3.63) is 66.1 Å². The Balaban J connectivity index is 1.62. The molecular weight excluding hydrogens is 356 g/mol. The average molecular weight is 380 g/mol. The summed E-state index contributed by atoms with van der Waals surface area (Å²) in [4.78, 5) is 25.8. The number of hydrogen-bond donors (Lipinski definition) is 1. The van der Waals surface area contributed by atoms with Crippen LogP contribution in [0.5, 0.6) is 5.75 Å². The summed E-state index contributed by atoms with van der Waals surface area (Å²) in [5, 5.41) is 4.93. The fraction of sp³-hybridized carbons (Fsp3) is 0.273. The third-order valence-electron chi connectivity index (χ3n) is 4.35. The molecule has 6 nitrogen and oxygen atoms in total. The van der Waals surface area contributed by atoms with Gasteiger partial charge in [0.1, 0.15) is 18.1 Å². The zero-order valence-corrected chi connectivity index (χ0v) is 16.1. The molecule has 2 aromatic carbocycles. The van der Waals surface area contributed by atoms with E-state index in [1.54, 1.807) is 12.1 Å². The molecule has 0 fully saturated rings. The maximum absolute atomic E-state index is 12.6. The number of benzene rings is 2. The number of rotatable bonds is 8. The van der Waals surface area contributed by atoms with E-state index in [1.165, 1.54) is 4.90 Å². The smallest absolute Gasteiger partial charge is 0.290 e. The first-order valence-electron chi connectivity index (χ1n) is 9.37. The topological polar surface area (TPSA) is 71.8 Å². The molecule has 0 bridgehead atoms. The third-order valence-corrected chi connectivity index (χ3v) is 4.35. The first-order valence-corrected chi connectivity index (χ1v) is 9.37. The highest BCUT2D eigenvalue weighted by Gasteiger charge is 2.20. The molecule has 1 N–H and O–H groups in total. The monoisotopic (exact) mass is 380 g/mol. The minimum atomic E-state index is -0.314. The molecule has 0 unspecified atom stereocenters. The second-order valence-electron chi connectivity index (χ2n) is 6.34. The summed E-state index contributed by atoms with van der Waals surface area (Å²) in [6.07, 6.45) is 0. The van der Waals surface area contributed by atoms with Gasteiger partial charge in [0.05, 0.1) is 6.54 Å². The Bertz CT molecular complexity index is 964. The van der Waals surface area contributed by atoms with Crippen molar-refractivity contribution in [2.45, 2.75) is 20.5 Å². The summed E-state index contributed by atoms with van der Waals surface area (Å²) in [5.41, 5.74) is 0. The molecule has 28 heavy (non-hydrogen) atoms. The van der Waals surface area contributed by atoms with Crippen LogP contribution in [0.1, 0.15) is 30.2 Å². The number of likely N-dealkylation sites (N-methyl/N-ethyl adjacent to an activating group) is 2. The lowest BCUT2D eigenvalue weighted by atomic mass is 10.1. The van der Waals surface area contributed by atoms with E-state index in [-0.39, 0.29) is 30.7 Å². The Morgan fingerprint density at radius 1 is 1.04 bits per heavy atom. The lowest BCUT2D eigenvalue weighted by molar-refractivity contribution is -0.121. The number of fused-ring (bicyclic) bond motifs is 1. The molecule has 3 rings (SSSR count). The fourth-order valence-corrected chi connectivity index (χ4v) is 2.89. The van der Waals surface area contributed by atoms with Gasteiger partial charge in [0.2, 0.25) is 5.91 Å². The Hall–Kier alpha value is -3.28. The van der Waals surface area contributed by atoms with E-state index >= 15 is 0 Å². The van der Waals surface area contributed by atoms with Crippen LogP contribution in [0.4, 0.5) is 0 Å². The Labute approximate surface area is 164 Å². The molecular formula is C22H24N2O4. The molecule has 0 aliphatic rings. The van der Waals surface area contributed by atoms with Crippen molar-refractivity contribution < 1.29 is 18.7 Å². The molecule has 1 heterocycles. The van der Waals surface area contributed by atoms with Crippen LogP contribution in [-0.4, -0.2) is 36.3 Å². The maximum atomic E-state index is 12.6. The van der Waals surface area contributed by atoms with Crippen LogP contribution < -0.4 is 10.1 Å². The summed E-state index contributed by atoms with van der Waals surface area (Å²) in [6.45, 7) is 4.83. The van der Waals surface area contributed by atoms with E-state index in [2.05, 4.69) is 5.32 Å². The van der Waals surface area contributed by atoms with Crippen LogP contribution in [0.2, 0.25) is 0 Å². The standard InChI is InChI=1S/C22H24N2O4/c1-3-23-21(25)14-24(4-2)22(26)20-12-11-19(28-20)15-27-18-10-9-16-7-5-6-8-17(16)13-18/h5-13H,3-4,14-15H2,1-2H3,(H,23,25). The summed E-state index contributed by atoms with van der Waals surface area (Å²) >= 11 is 0. The minimum absolute atomic E-state index is 0.00674. The van der Waals surface area contributed by atoms with E-state index in [0.717, 1.165) is 16.5 Å². The normalized spacial score (nSPS) is 10.6. The van der Waals surface area contributed by atoms with Gasteiger partial charge in [-0.2, -0.15) is 0 Å². The molecule has 0 spiro atoms. The minimum Gasteiger partial charge on any atom is -0.486 e. The number of carbonyl (C=O) groups excluding carboxylic acids is 2. The Kier molecular flexibility index (Phi) is 6.32. The molecule has 0 aliphatic carbocycles. The maximum Gasteiger partial charge on any atom is 0.290 e. The van der Waals surface area contributed by atoms with Crippen molar-refractivity contribution in [3.8, 4) is 5.75 Å². The number of amides is 2. The second kappa shape index (κ2) is 9.08. The average Bonchev–Trinajstić information content (AvgIpc) is 3.19. The predicted molar refractivity (Wildman–Crippen MR) is 107 cm³/mol. The van der Waals surface area contributed by atoms with Gasteiger partial charge in [-0.25, -0.2) is 0 Å². The van der Waals surface area contributed by atoms with Gasteiger partial charge in [0, 0.05) is 13.1 Å². The van der Waals surface area contributed by atoms with Crippen molar-refractivity contribution in [2.75, 3.05) is 19.6 Å². The van der Waals surface area contributed by atoms with Crippen molar-refractivity contribution in [1.82, 2.24) is 10.2 Å². The molecule has 6 heteroatoms. The van der Waals surface area contributed by atoms with Gasteiger partial charge in [-0.1, -0.05) is 30.3 Å².